The lowest BCUT2D eigenvalue weighted by Crippen LogP contribution is -2.22. The molecule has 1 aromatic carbocycles. The number of nitrogens with one attached hydrogen (secondary N) is 1. The Balaban J connectivity index is 2.14. The highest BCUT2D eigenvalue weighted by Gasteiger charge is 2.10. The van der Waals surface area contributed by atoms with Crippen molar-refractivity contribution in [1.82, 2.24) is 10.2 Å². The van der Waals surface area contributed by atoms with Crippen molar-refractivity contribution in [2.75, 3.05) is 18.5 Å². The van der Waals surface area contributed by atoms with Gasteiger partial charge >= 0.3 is 0 Å². The number of aromatic nitrogens is 2. The van der Waals surface area contributed by atoms with Crippen molar-refractivity contribution in [3.05, 3.63) is 28.2 Å². The van der Waals surface area contributed by atoms with Crippen molar-refractivity contribution in [1.29, 1.82) is 0 Å². The summed E-state index contributed by atoms with van der Waals surface area (Å²) < 4.78 is 0.994. The molecular formula is C12H14BrN3O2S. The fourth-order valence-corrected chi connectivity index (χ4v) is 2.69. The molecule has 0 saturated heterocycles. The van der Waals surface area contributed by atoms with Gasteiger partial charge in [0.15, 0.2) is 0 Å². The van der Waals surface area contributed by atoms with Gasteiger partial charge < -0.3 is 15.5 Å². The molecule has 7 heteroatoms. The molecule has 102 valence electrons. The van der Waals surface area contributed by atoms with Crippen LogP contribution in [0.5, 0.6) is 0 Å². The van der Waals surface area contributed by atoms with Crippen LogP contribution in [0.4, 0.5) is 5.13 Å². The molecule has 0 spiro atoms. The van der Waals surface area contributed by atoms with Crippen LogP contribution < -0.4 is 5.32 Å². The number of rotatable bonds is 5. The van der Waals surface area contributed by atoms with Gasteiger partial charge in [0.25, 0.3) is 0 Å². The Labute approximate surface area is 123 Å². The molecule has 0 aliphatic heterocycles. The van der Waals surface area contributed by atoms with Gasteiger partial charge in [0.05, 0.1) is 12.7 Å². The van der Waals surface area contributed by atoms with Crippen LogP contribution in [-0.2, 0) is 0 Å². The molecule has 0 fully saturated rings. The highest BCUT2D eigenvalue weighted by molar-refractivity contribution is 9.10. The lowest BCUT2D eigenvalue weighted by atomic mass is 10.1. The van der Waals surface area contributed by atoms with Crippen LogP contribution in [-0.4, -0.2) is 39.7 Å². The summed E-state index contributed by atoms with van der Waals surface area (Å²) >= 11 is 4.85. The summed E-state index contributed by atoms with van der Waals surface area (Å²) in [6.45, 7) is 2.00. The van der Waals surface area contributed by atoms with Gasteiger partial charge in [-0.25, -0.2) is 0 Å². The first-order chi connectivity index (χ1) is 9.10. The average Bonchev–Trinajstić information content (AvgIpc) is 2.87. The van der Waals surface area contributed by atoms with Crippen LogP contribution in [0.3, 0.4) is 0 Å². The molecule has 0 aliphatic rings. The Hall–Kier alpha value is -1.02. The van der Waals surface area contributed by atoms with Gasteiger partial charge in [-0.3, -0.25) is 0 Å². The van der Waals surface area contributed by atoms with E-state index in [4.69, 9.17) is 5.11 Å². The first-order valence-electron chi connectivity index (χ1n) is 5.73. The van der Waals surface area contributed by atoms with E-state index in [0.717, 1.165) is 20.6 Å². The maximum Gasteiger partial charge on any atom is 0.206 e. The third-order valence-corrected chi connectivity index (χ3v) is 3.96. The van der Waals surface area contributed by atoms with E-state index in [-0.39, 0.29) is 13.2 Å². The number of aliphatic hydroxyl groups is 2. The van der Waals surface area contributed by atoms with E-state index in [0.29, 0.717) is 5.13 Å². The number of aliphatic hydroxyl groups excluding tert-OH is 2. The summed E-state index contributed by atoms with van der Waals surface area (Å²) in [6, 6.07) is 6.00. The van der Waals surface area contributed by atoms with E-state index in [9.17, 15) is 5.11 Å². The third-order valence-electron chi connectivity index (χ3n) is 2.55. The van der Waals surface area contributed by atoms with Gasteiger partial charge in [-0.1, -0.05) is 33.3 Å². The van der Waals surface area contributed by atoms with E-state index in [1.165, 1.54) is 11.3 Å². The maximum atomic E-state index is 9.26. The number of anilines is 1. The number of hydrogen-bond acceptors (Lipinski definition) is 6. The van der Waals surface area contributed by atoms with E-state index in [1.807, 2.05) is 25.1 Å². The Morgan fingerprint density at radius 2 is 2.21 bits per heavy atom. The molecule has 1 heterocycles. The van der Waals surface area contributed by atoms with Crippen molar-refractivity contribution in [3.63, 3.8) is 0 Å². The van der Waals surface area contributed by atoms with Gasteiger partial charge in [-0.15, -0.1) is 10.2 Å². The van der Waals surface area contributed by atoms with Gasteiger partial charge in [-0.2, -0.15) is 0 Å². The molecule has 0 bridgehead atoms. The molecule has 0 aliphatic carbocycles. The Morgan fingerprint density at radius 1 is 1.42 bits per heavy atom. The summed E-state index contributed by atoms with van der Waals surface area (Å²) in [5.41, 5.74) is 2.16. The zero-order valence-corrected chi connectivity index (χ0v) is 12.7. The van der Waals surface area contributed by atoms with Gasteiger partial charge in [-0.05, 0) is 24.6 Å². The third kappa shape index (κ3) is 3.73. The van der Waals surface area contributed by atoms with Crippen molar-refractivity contribution in [3.8, 4) is 10.6 Å². The normalized spacial score (nSPS) is 12.4. The van der Waals surface area contributed by atoms with Crippen LogP contribution in [0.1, 0.15) is 5.56 Å². The highest BCUT2D eigenvalue weighted by atomic mass is 79.9. The molecule has 5 nitrogen and oxygen atoms in total. The molecule has 0 radical (unpaired) electrons. The fraction of sp³-hybridized carbons (Fsp3) is 0.333. The largest absolute Gasteiger partial charge is 0.394 e. The Morgan fingerprint density at radius 3 is 2.95 bits per heavy atom. The van der Waals surface area contributed by atoms with E-state index in [2.05, 4.69) is 31.4 Å². The number of nitrogens with zero attached hydrogens (tertiary/aromatic N) is 2. The van der Waals surface area contributed by atoms with Crippen LogP contribution in [0.25, 0.3) is 10.6 Å². The first kappa shape index (κ1) is 14.4. The molecule has 0 unspecified atom stereocenters. The monoisotopic (exact) mass is 343 g/mol. The van der Waals surface area contributed by atoms with Crippen LogP contribution in [0, 0.1) is 6.92 Å². The second-order valence-corrected chi connectivity index (χ2v) is 5.98. The molecule has 1 aromatic heterocycles. The van der Waals surface area contributed by atoms with Crippen LogP contribution in [0.2, 0.25) is 0 Å². The number of halogens is 1. The molecule has 0 saturated carbocycles. The van der Waals surface area contributed by atoms with Gasteiger partial charge in [0.1, 0.15) is 5.01 Å². The van der Waals surface area contributed by atoms with E-state index >= 15 is 0 Å². The topological polar surface area (TPSA) is 78.3 Å². The lowest BCUT2D eigenvalue weighted by Gasteiger charge is -2.06. The van der Waals surface area contributed by atoms with Crippen LogP contribution >= 0.6 is 27.3 Å². The first-order valence-corrected chi connectivity index (χ1v) is 7.34. The predicted octanol–water partition coefficient (Wildman–Crippen LogP) is 2.04. The van der Waals surface area contributed by atoms with Crippen molar-refractivity contribution < 1.29 is 10.2 Å². The number of aryl methyl sites for hydroxylation is 1. The summed E-state index contributed by atoms with van der Waals surface area (Å²) in [5, 5.41) is 30.5. The summed E-state index contributed by atoms with van der Waals surface area (Å²) in [6.07, 6.45) is -0.792. The standard InChI is InChI=1S/C12H14BrN3O2S/c1-7-2-3-8(13)4-10(7)11-15-16-12(19-11)14-5-9(18)6-17/h2-4,9,17-18H,5-6H2,1H3,(H,14,16)/t9-/m0/s1. The molecular weight excluding hydrogens is 330 g/mol. The van der Waals surface area contributed by atoms with Gasteiger partial charge in [0.2, 0.25) is 5.13 Å². The minimum atomic E-state index is -0.792. The zero-order valence-electron chi connectivity index (χ0n) is 10.3. The second-order valence-electron chi connectivity index (χ2n) is 4.09. The highest BCUT2D eigenvalue weighted by Crippen LogP contribution is 2.30. The number of benzene rings is 1. The van der Waals surface area contributed by atoms with Crippen LogP contribution in [0.15, 0.2) is 22.7 Å². The fourth-order valence-electron chi connectivity index (χ4n) is 1.50. The van der Waals surface area contributed by atoms with Crippen molar-refractivity contribution >= 4 is 32.4 Å². The lowest BCUT2D eigenvalue weighted by molar-refractivity contribution is 0.105. The Bertz CT molecular complexity index is 562. The maximum absolute atomic E-state index is 9.26. The average molecular weight is 344 g/mol. The summed E-state index contributed by atoms with van der Waals surface area (Å²) in [7, 11) is 0. The molecule has 2 aromatic rings. The molecule has 1 atom stereocenters. The quantitative estimate of drug-likeness (QED) is 0.774. The van der Waals surface area contributed by atoms with Crippen molar-refractivity contribution in [2.45, 2.75) is 13.0 Å². The van der Waals surface area contributed by atoms with E-state index < -0.39 is 6.10 Å². The predicted molar refractivity (Wildman–Crippen MR) is 79.4 cm³/mol. The smallest absolute Gasteiger partial charge is 0.206 e. The molecule has 0 amide bonds. The molecule has 19 heavy (non-hydrogen) atoms. The molecule has 3 N–H and O–H groups in total. The number of hydrogen-bond donors (Lipinski definition) is 3. The SMILES string of the molecule is Cc1ccc(Br)cc1-c1nnc(NC[C@H](O)CO)s1. The second kappa shape index (κ2) is 6.42. The van der Waals surface area contributed by atoms with Crippen molar-refractivity contribution in [2.24, 2.45) is 0 Å². The Kier molecular flexibility index (Phi) is 4.87. The summed E-state index contributed by atoms with van der Waals surface area (Å²) in [5.74, 6) is 0. The molecule has 2 rings (SSSR count). The zero-order chi connectivity index (χ0) is 13.8. The van der Waals surface area contributed by atoms with Gasteiger partial charge in [0, 0.05) is 16.6 Å². The minimum Gasteiger partial charge on any atom is -0.394 e. The van der Waals surface area contributed by atoms with E-state index in [1.54, 1.807) is 0 Å². The minimum absolute atomic E-state index is 0.253. The summed E-state index contributed by atoms with van der Waals surface area (Å²) in [4.78, 5) is 0.